The third-order valence-corrected chi connectivity index (χ3v) is 6.49. The van der Waals surface area contributed by atoms with Crippen LogP contribution in [0.15, 0.2) is 11.3 Å². The molecule has 0 bridgehead atoms. The first-order valence-corrected chi connectivity index (χ1v) is 11.5. The average molecular weight is 442 g/mol. The lowest BCUT2D eigenvalue weighted by Gasteiger charge is -2.44. The number of aliphatic hydroxyl groups is 1. The van der Waals surface area contributed by atoms with Gasteiger partial charge in [-0.1, -0.05) is 20.8 Å². The van der Waals surface area contributed by atoms with E-state index in [1.165, 1.54) is 0 Å². The predicted octanol–water partition coefficient (Wildman–Crippen LogP) is 3.70. The van der Waals surface area contributed by atoms with Gasteiger partial charge in [0.05, 0.1) is 17.8 Å². The highest BCUT2D eigenvalue weighted by Crippen LogP contribution is 2.35. The Labute approximate surface area is 188 Å². The second-order valence-electron chi connectivity index (χ2n) is 10.3. The molecular weight excluding hydrogens is 398 g/mol. The van der Waals surface area contributed by atoms with Gasteiger partial charge in [0.15, 0.2) is 6.29 Å². The van der Waals surface area contributed by atoms with Gasteiger partial charge in [0.2, 0.25) is 5.79 Å². The lowest BCUT2D eigenvalue weighted by Crippen LogP contribution is -2.50. The van der Waals surface area contributed by atoms with Gasteiger partial charge < -0.3 is 29.0 Å². The largest absolute Gasteiger partial charge is 0.457 e. The molecule has 7 heteroatoms. The molecule has 1 saturated heterocycles. The molecule has 0 aliphatic carbocycles. The SMILES string of the molecule is CC1=C(C[C@@H](O[C@@H]2OC(C)CC(N(C)C)C2C)[C@@H](C)C[C@@H](C)CO)OC(C)(C)OC1=O. The lowest BCUT2D eigenvalue weighted by molar-refractivity contribution is -0.256. The Balaban J connectivity index is 2.26. The zero-order valence-corrected chi connectivity index (χ0v) is 20.8. The van der Waals surface area contributed by atoms with Crippen LogP contribution in [0, 0.1) is 17.8 Å². The molecule has 0 aromatic carbocycles. The highest BCUT2D eigenvalue weighted by molar-refractivity contribution is 5.89. The second-order valence-corrected chi connectivity index (χ2v) is 10.3. The van der Waals surface area contributed by atoms with Gasteiger partial charge in [-0.2, -0.15) is 0 Å². The Bertz CT molecular complexity index is 646. The first-order chi connectivity index (χ1) is 14.3. The maximum absolute atomic E-state index is 12.3. The van der Waals surface area contributed by atoms with E-state index >= 15 is 0 Å². The molecule has 0 aromatic rings. The van der Waals surface area contributed by atoms with Crippen molar-refractivity contribution in [1.29, 1.82) is 0 Å². The van der Waals surface area contributed by atoms with Crippen LogP contribution in [0.5, 0.6) is 0 Å². The van der Waals surface area contributed by atoms with E-state index in [0.29, 0.717) is 23.8 Å². The summed E-state index contributed by atoms with van der Waals surface area (Å²) >= 11 is 0. The van der Waals surface area contributed by atoms with Crippen molar-refractivity contribution in [2.75, 3.05) is 20.7 Å². The average Bonchev–Trinajstić information content (AvgIpc) is 2.66. The van der Waals surface area contributed by atoms with Gasteiger partial charge in [-0.05, 0) is 52.6 Å². The van der Waals surface area contributed by atoms with Crippen LogP contribution in [0.3, 0.4) is 0 Å². The zero-order valence-electron chi connectivity index (χ0n) is 20.8. The van der Waals surface area contributed by atoms with E-state index in [9.17, 15) is 9.90 Å². The monoisotopic (exact) mass is 441 g/mol. The van der Waals surface area contributed by atoms with Gasteiger partial charge >= 0.3 is 5.97 Å². The molecular formula is C24H43NO6. The number of carbonyl (C=O) groups is 1. The minimum Gasteiger partial charge on any atom is -0.457 e. The third-order valence-electron chi connectivity index (χ3n) is 6.49. The van der Waals surface area contributed by atoms with Gasteiger partial charge in [-0.3, -0.25) is 0 Å². The quantitative estimate of drug-likeness (QED) is 0.547. The molecule has 7 nitrogen and oxygen atoms in total. The van der Waals surface area contributed by atoms with Crippen molar-refractivity contribution < 1.29 is 28.8 Å². The molecule has 7 atom stereocenters. The fraction of sp³-hybridized carbons (Fsp3) is 0.875. The van der Waals surface area contributed by atoms with Gasteiger partial charge in [0.25, 0.3) is 0 Å². The summed E-state index contributed by atoms with van der Waals surface area (Å²) in [6.45, 7) is 13.7. The van der Waals surface area contributed by atoms with Crippen molar-refractivity contribution >= 4 is 5.97 Å². The Kier molecular flexibility index (Phi) is 8.96. The molecule has 0 radical (unpaired) electrons. The number of ether oxygens (including phenoxy) is 4. The first-order valence-electron chi connectivity index (χ1n) is 11.5. The van der Waals surface area contributed by atoms with Crippen molar-refractivity contribution in [3.05, 3.63) is 11.3 Å². The van der Waals surface area contributed by atoms with E-state index < -0.39 is 5.79 Å². The number of aliphatic hydroxyl groups excluding tert-OH is 1. The highest BCUT2D eigenvalue weighted by Gasteiger charge is 2.40. The van der Waals surface area contributed by atoms with Crippen LogP contribution < -0.4 is 0 Å². The van der Waals surface area contributed by atoms with E-state index in [0.717, 1.165) is 12.8 Å². The summed E-state index contributed by atoms with van der Waals surface area (Å²) in [6, 6.07) is 0.363. The molecule has 0 saturated carbocycles. The van der Waals surface area contributed by atoms with Crippen LogP contribution in [0.2, 0.25) is 0 Å². The first kappa shape index (κ1) is 26.1. The maximum Gasteiger partial charge on any atom is 0.340 e. The van der Waals surface area contributed by atoms with E-state index in [2.05, 4.69) is 39.8 Å². The van der Waals surface area contributed by atoms with Gasteiger partial charge in [-0.15, -0.1) is 0 Å². The van der Waals surface area contributed by atoms with Gasteiger partial charge in [0, 0.05) is 38.8 Å². The van der Waals surface area contributed by atoms with Crippen LogP contribution in [0.4, 0.5) is 0 Å². The fourth-order valence-electron chi connectivity index (χ4n) is 4.58. The third kappa shape index (κ3) is 6.91. The summed E-state index contributed by atoms with van der Waals surface area (Å²) in [7, 11) is 4.19. The Morgan fingerprint density at radius 1 is 1.23 bits per heavy atom. The Hall–Kier alpha value is -1.15. The van der Waals surface area contributed by atoms with E-state index in [4.69, 9.17) is 18.9 Å². The van der Waals surface area contributed by atoms with Crippen LogP contribution in [0.25, 0.3) is 0 Å². The van der Waals surface area contributed by atoms with Crippen LogP contribution in [-0.4, -0.2) is 67.0 Å². The fourth-order valence-corrected chi connectivity index (χ4v) is 4.58. The maximum atomic E-state index is 12.3. The number of nitrogens with zero attached hydrogens (tertiary/aromatic N) is 1. The topological polar surface area (TPSA) is 77.5 Å². The van der Waals surface area contributed by atoms with Crippen LogP contribution >= 0.6 is 0 Å². The standard InChI is InChI=1S/C24H43NO6/c1-14(13-26)10-15(2)20(12-21-18(5)22(27)31-24(6,7)30-21)29-23-17(4)19(25(8)9)11-16(3)28-23/h14-17,19-20,23,26H,10-13H2,1-9H3/t14-,15+,16?,17?,19?,20-,23+/m1/s1. The van der Waals surface area contributed by atoms with Crippen LogP contribution in [0.1, 0.15) is 67.7 Å². The van der Waals surface area contributed by atoms with E-state index in [1.807, 2.05) is 6.92 Å². The molecule has 0 spiro atoms. The summed E-state index contributed by atoms with van der Waals surface area (Å²) < 4.78 is 24.2. The van der Waals surface area contributed by atoms with Crippen molar-refractivity contribution in [1.82, 2.24) is 4.90 Å². The molecule has 180 valence electrons. The summed E-state index contributed by atoms with van der Waals surface area (Å²) in [5.74, 6) is -0.265. The molecule has 0 aromatic heterocycles. The van der Waals surface area contributed by atoms with Crippen molar-refractivity contribution in [3.63, 3.8) is 0 Å². The Morgan fingerprint density at radius 2 is 1.87 bits per heavy atom. The molecule has 31 heavy (non-hydrogen) atoms. The molecule has 1 N–H and O–H groups in total. The predicted molar refractivity (Wildman–Crippen MR) is 119 cm³/mol. The summed E-state index contributed by atoms with van der Waals surface area (Å²) in [5, 5.41) is 9.56. The van der Waals surface area contributed by atoms with Crippen LogP contribution in [-0.2, 0) is 23.7 Å². The van der Waals surface area contributed by atoms with Crippen molar-refractivity contribution in [2.45, 2.75) is 98.1 Å². The number of hydrogen-bond acceptors (Lipinski definition) is 7. The number of carbonyl (C=O) groups excluding carboxylic acids is 1. The Morgan fingerprint density at radius 3 is 2.45 bits per heavy atom. The number of hydrogen-bond donors (Lipinski definition) is 1. The molecule has 2 rings (SSSR count). The zero-order chi connectivity index (χ0) is 23.5. The summed E-state index contributed by atoms with van der Waals surface area (Å²) in [6.07, 6.45) is 1.75. The second kappa shape index (κ2) is 10.6. The molecule has 1 fully saturated rings. The smallest absolute Gasteiger partial charge is 0.340 e. The minimum atomic E-state index is -1.00. The number of cyclic esters (lactones) is 1. The molecule has 2 heterocycles. The molecule has 2 aliphatic rings. The highest BCUT2D eigenvalue weighted by atomic mass is 16.7. The van der Waals surface area contributed by atoms with E-state index in [-0.39, 0.29) is 48.8 Å². The minimum absolute atomic E-state index is 0.0988. The van der Waals surface area contributed by atoms with Crippen molar-refractivity contribution in [3.8, 4) is 0 Å². The normalized spacial score (nSPS) is 31.8. The molecule has 2 aliphatic heterocycles. The van der Waals surface area contributed by atoms with Gasteiger partial charge in [-0.25, -0.2) is 4.79 Å². The van der Waals surface area contributed by atoms with E-state index in [1.54, 1.807) is 20.8 Å². The molecule has 3 unspecified atom stereocenters. The van der Waals surface area contributed by atoms with Crippen molar-refractivity contribution in [2.24, 2.45) is 17.8 Å². The lowest BCUT2D eigenvalue weighted by atomic mass is 9.89. The number of esters is 1. The summed E-state index contributed by atoms with van der Waals surface area (Å²) in [5.41, 5.74) is 0.479. The summed E-state index contributed by atoms with van der Waals surface area (Å²) in [4.78, 5) is 14.6. The number of rotatable bonds is 9. The van der Waals surface area contributed by atoms with Gasteiger partial charge in [0.1, 0.15) is 5.76 Å². The molecule has 0 amide bonds.